The van der Waals surface area contributed by atoms with Gasteiger partial charge in [0.25, 0.3) is 0 Å². The SMILES string of the molecule is CC[C@H](C)[C@H](NC(=O)[C@H](CCS[C@@H]1O[C@H](COC(C)=O)[C@@H](OC(C)=O)[C@H](OC(C)=O)[C@H]1OC(C)=O)NC(=O)OC(C)(C)C)C(=O)OC. The Kier molecular flexibility index (Phi) is 17.0. The molecule has 16 nitrogen and oxygen atoms in total. The molecule has 2 N–H and O–H groups in total. The van der Waals surface area contributed by atoms with E-state index >= 15 is 0 Å². The largest absolute Gasteiger partial charge is 0.467 e. The molecule has 0 aromatic heterocycles. The standard InChI is InChI=1S/C30H48N2O14S/c1-11-15(2)22(27(38)40-10)32-26(37)20(31-29(39)46-30(7,8)9)12-13-47-28-25(44-19(6)36)24(43-18(5)35)23(42-17(4)34)21(45-28)14-41-16(3)33/h15,20-25,28H,11-14H2,1-10H3,(H,31,39)(H,32,37)/t15-,20-,21+,22-,23+,24-,25+,28-/m0/s1. The van der Waals surface area contributed by atoms with Gasteiger partial charge in [0.15, 0.2) is 18.3 Å². The highest BCUT2D eigenvalue weighted by molar-refractivity contribution is 7.99. The number of ether oxygens (including phenoxy) is 7. The lowest BCUT2D eigenvalue weighted by Gasteiger charge is -2.44. The Balaban J connectivity index is 3.38. The monoisotopic (exact) mass is 692 g/mol. The third-order valence-electron chi connectivity index (χ3n) is 6.61. The molecule has 268 valence electrons. The van der Waals surface area contributed by atoms with Gasteiger partial charge in [0.05, 0.1) is 7.11 Å². The molecule has 0 aromatic rings. The highest BCUT2D eigenvalue weighted by Crippen LogP contribution is 2.35. The van der Waals surface area contributed by atoms with Gasteiger partial charge in [0.1, 0.15) is 35.8 Å². The van der Waals surface area contributed by atoms with Crippen LogP contribution in [0.15, 0.2) is 0 Å². The van der Waals surface area contributed by atoms with Crippen molar-refractivity contribution in [1.82, 2.24) is 10.6 Å². The van der Waals surface area contributed by atoms with E-state index in [-0.39, 0.29) is 18.1 Å². The zero-order chi connectivity index (χ0) is 36.1. The summed E-state index contributed by atoms with van der Waals surface area (Å²) < 4.78 is 37.7. The predicted molar refractivity (Wildman–Crippen MR) is 166 cm³/mol. The van der Waals surface area contributed by atoms with Crippen LogP contribution in [0.4, 0.5) is 4.79 Å². The van der Waals surface area contributed by atoms with Crippen LogP contribution in [0, 0.1) is 5.92 Å². The van der Waals surface area contributed by atoms with Crippen molar-refractivity contribution < 1.29 is 66.7 Å². The van der Waals surface area contributed by atoms with Crippen LogP contribution in [-0.2, 0) is 61.9 Å². The van der Waals surface area contributed by atoms with Crippen molar-refractivity contribution in [3.63, 3.8) is 0 Å². The maximum Gasteiger partial charge on any atom is 0.408 e. The number of methoxy groups -OCH3 is 1. The fourth-order valence-electron chi connectivity index (χ4n) is 4.39. The number of rotatable bonds is 15. The average molecular weight is 693 g/mol. The summed E-state index contributed by atoms with van der Waals surface area (Å²) in [6.45, 7) is 12.7. The molecule has 1 saturated heterocycles. The van der Waals surface area contributed by atoms with E-state index in [2.05, 4.69) is 10.6 Å². The first-order valence-electron chi connectivity index (χ1n) is 15.1. The van der Waals surface area contributed by atoms with Crippen molar-refractivity contribution in [2.24, 2.45) is 5.92 Å². The minimum absolute atomic E-state index is 0.0446. The Morgan fingerprint density at radius 1 is 0.830 bits per heavy atom. The number of hydrogen-bond donors (Lipinski definition) is 2. The van der Waals surface area contributed by atoms with Gasteiger partial charge in [0, 0.05) is 27.7 Å². The van der Waals surface area contributed by atoms with Gasteiger partial charge in [-0.25, -0.2) is 9.59 Å². The Morgan fingerprint density at radius 2 is 1.38 bits per heavy atom. The van der Waals surface area contributed by atoms with Crippen LogP contribution in [0.25, 0.3) is 0 Å². The van der Waals surface area contributed by atoms with E-state index in [1.165, 1.54) is 7.11 Å². The summed E-state index contributed by atoms with van der Waals surface area (Å²) in [5, 5.41) is 5.18. The Bertz CT molecular complexity index is 1130. The molecular formula is C30H48N2O14S. The van der Waals surface area contributed by atoms with Crippen molar-refractivity contribution in [2.75, 3.05) is 19.5 Å². The highest BCUT2D eigenvalue weighted by atomic mass is 32.2. The molecule has 0 radical (unpaired) electrons. The summed E-state index contributed by atoms with van der Waals surface area (Å²) in [5.74, 6) is -4.53. The molecule has 0 spiro atoms. The second kappa shape index (κ2) is 19.3. The first-order chi connectivity index (χ1) is 21.8. The molecule has 1 fully saturated rings. The number of nitrogens with one attached hydrogen (secondary N) is 2. The van der Waals surface area contributed by atoms with E-state index in [4.69, 9.17) is 33.2 Å². The minimum Gasteiger partial charge on any atom is -0.467 e. The van der Waals surface area contributed by atoms with Gasteiger partial charge in [0.2, 0.25) is 5.91 Å². The van der Waals surface area contributed by atoms with E-state index in [1.54, 1.807) is 27.7 Å². The fourth-order valence-corrected chi connectivity index (χ4v) is 5.62. The van der Waals surface area contributed by atoms with E-state index in [9.17, 15) is 33.6 Å². The number of esters is 5. The van der Waals surface area contributed by atoms with Crippen LogP contribution in [0.5, 0.6) is 0 Å². The molecule has 1 heterocycles. The van der Waals surface area contributed by atoms with Crippen molar-refractivity contribution in [2.45, 2.75) is 123 Å². The molecule has 0 unspecified atom stereocenters. The van der Waals surface area contributed by atoms with Crippen molar-refractivity contribution in [3.05, 3.63) is 0 Å². The Labute approximate surface area is 278 Å². The molecule has 2 amide bonds. The maximum absolute atomic E-state index is 13.5. The first kappa shape index (κ1) is 41.4. The van der Waals surface area contributed by atoms with Crippen LogP contribution in [0.2, 0.25) is 0 Å². The summed E-state index contributed by atoms with van der Waals surface area (Å²) in [6.07, 6.45) is -5.51. The molecule has 0 aliphatic carbocycles. The van der Waals surface area contributed by atoms with Gasteiger partial charge >= 0.3 is 35.9 Å². The van der Waals surface area contributed by atoms with Crippen LogP contribution in [-0.4, -0.2) is 109 Å². The molecule has 47 heavy (non-hydrogen) atoms. The predicted octanol–water partition coefficient (Wildman–Crippen LogP) is 1.79. The zero-order valence-corrected chi connectivity index (χ0v) is 29.4. The lowest BCUT2D eigenvalue weighted by Crippen LogP contribution is -2.61. The normalized spacial score (nSPS) is 22.7. The van der Waals surface area contributed by atoms with Crippen molar-refractivity contribution in [1.29, 1.82) is 0 Å². The minimum atomic E-state index is -1.36. The average Bonchev–Trinajstić information content (AvgIpc) is 2.94. The lowest BCUT2D eigenvalue weighted by atomic mass is 9.98. The summed E-state index contributed by atoms with van der Waals surface area (Å²) in [6, 6.07) is -2.20. The van der Waals surface area contributed by atoms with Gasteiger partial charge in [-0.2, -0.15) is 0 Å². The van der Waals surface area contributed by atoms with Crippen LogP contribution >= 0.6 is 11.8 Å². The van der Waals surface area contributed by atoms with Crippen LogP contribution in [0.1, 0.15) is 75.2 Å². The summed E-state index contributed by atoms with van der Waals surface area (Å²) >= 11 is 1.03. The number of carbonyl (C=O) groups is 7. The molecule has 0 bridgehead atoms. The van der Waals surface area contributed by atoms with Gasteiger partial charge in [-0.3, -0.25) is 24.0 Å². The third kappa shape index (κ3) is 14.8. The number of amides is 2. The van der Waals surface area contributed by atoms with Crippen LogP contribution in [0.3, 0.4) is 0 Å². The van der Waals surface area contributed by atoms with Crippen molar-refractivity contribution >= 4 is 53.6 Å². The molecule has 1 aliphatic heterocycles. The summed E-state index contributed by atoms with van der Waals surface area (Å²) in [4.78, 5) is 86.4. The van der Waals surface area contributed by atoms with E-state index in [0.29, 0.717) is 6.42 Å². The Morgan fingerprint density at radius 3 is 1.87 bits per heavy atom. The molecular weight excluding hydrogens is 644 g/mol. The van der Waals surface area contributed by atoms with E-state index in [1.807, 2.05) is 6.92 Å². The zero-order valence-electron chi connectivity index (χ0n) is 28.6. The fraction of sp³-hybridized carbons (Fsp3) is 0.767. The molecule has 0 saturated carbocycles. The van der Waals surface area contributed by atoms with Gasteiger partial charge < -0.3 is 43.8 Å². The maximum atomic E-state index is 13.5. The van der Waals surface area contributed by atoms with E-state index < -0.39 is 96.0 Å². The second-order valence-corrected chi connectivity index (χ2v) is 13.0. The topological polar surface area (TPSA) is 208 Å². The Hall–Kier alpha value is -3.60. The van der Waals surface area contributed by atoms with Gasteiger partial charge in [-0.15, -0.1) is 11.8 Å². The van der Waals surface area contributed by atoms with Crippen LogP contribution < -0.4 is 10.6 Å². The van der Waals surface area contributed by atoms with Crippen molar-refractivity contribution in [3.8, 4) is 0 Å². The first-order valence-corrected chi connectivity index (χ1v) is 16.1. The molecule has 1 rings (SSSR count). The van der Waals surface area contributed by atoms with Gasteiger partial charge in [-0.05, 0) is 38.9 Å². The van der Waals surface area contributed by atoms with Gasteiger partial charge in [-0.1, -0.05) is 20.3 Å². The third-order valence-corrected chi connectivity index (χ3v) is 7.79. The number of carbonyl (C=O) groups excluding carboxylic acids is 7. The second-order valence-electron chi connectivity index (χ2n) is 11.8. The smallest absolute Gasteiger partial charge is 0.408 e. The quantitative estimate of drug-likeness (QED) is 0.185. The number of hydrogen-bond acceptors (Lipinski definition) is 15. The summed E-state index contributed by atoms with van der Waals surface area (Å²) in [7, 11) is 1.20. The summed E-state index contributed by atoms with van der Waals surface area (Å²) in [5.41, 5.74) is -1.97. The van der Waals surface area contributed by atoms with E-state index in [0.717, 1.165) is 39.5 Å². The highest BCUT2D eigenvalue weighted by Gasteiger charge is 2.52. The lowest BCUT2D eigenvalue weighted by molar-refractivity contribution is -0.237. The number of alkyl carbamates (subject to hydrolysis) is 1. The molecule has 1 aliphatic rings. The number of thioether (sulfide) groups is 1. The molecule has 17 heteroatoms. The molecule has 0 aromatic carbocycles. The molecule has 8 atom stereocenters.